The molecular weight excluding hydrogens is 272 g/mol. The summed E-state index contributed by atoms with van der Waals surface area (Å²) in [5.41, 5.74) is -0.810. The van der Waals surface area contributed by atoms with Crippen molar-refractivity contribution >= 4 is 5.97 Å². The number of aliphatic carboxylic acids is 1. The fourth-order valence-corrected chi connectivity index (χ4v) is 3.19. The zero-order valence-electron chi connectivity index (χ0n) is 12.4. The Kier molecular flexibility index (Phi) is 3.97. The normalized spacial score (nSPS) is 28.0. The van der Waals surface area contributed by atoms with Crippen molar-refractivity contribution in [3.63, 3.8) is 0 Å². The van der Waals surface area contributed by atoms with Crippen LogP contribution in [0.3, 0.4) is 0 Å². The van der Waals surface area contributed by atoms with Crippen LogP contribution in [0.25, 0.3) is 0 Å². The highest BCUT2D eigenvalue weighted by Gasteiger charge is 2.48. The van der Waals surface area contributed by atoms with Crippen molar-refractivity contribution < 1.29 is 14.6 Å². The molecule has 2 aliphatic rings. The molecule has 0 bridgehead atoms. The molecule has 1 aromatic rings. The molecule has 2 aliphatic heterocycles. The average Bonchev–Trinajstić information content (AvgIpc) is 3.11. The lowest BCUT2D eigenvalue weighted by atomic mass is 9.95. The summed E-state index contributed by atoms with van der Waals surface area (Å²) in [4.78, 5) is 20.4. The number of carboxylic acid groups (broad SMARTS) is 1. The zero-order chi connectivity index (χ0) is 14.9. The Morgan fingerprint density at radius 2 is 2.19 bits per heavy atom. The van der Waals surface area contributed by atoms with E-state index in [4.69, 9.17) is 4.74 Å². The number of aromatic nitrogens is 2. The van der Waals surface area contributed by atoms with Gasteiger partial charge in [0, 0.05) is 58.6 Å². The summed E-state index contributed by atoms with van der Waals surface area (Å²) in [6, 6.07) is 0. The number of carboxylic acids is 1. The van der Waals surface area contributed by atoms with Crippen molar-refractivity contribution in [3.8, 4) is 0 Å². The van der Waals surface area contributed by atoms with Crippen LogP contribution >= 0.6 is 0 Å². The smallest absolute Gasteiger partial charge is 0.326 e. The fraction of sp³-hybridized carbons (Fsp3) is 0.714. The van der Waals surface area contributed by atoms with Crippen LogP contribution in [0.2, 0.25) is 0 Å². The van der Waals surface area contributed by atoms with Crippen LogP contribution in [0.5, 0.6) is 0 Å². The van der Waals surface area contributed by atoms with E-state index in [9.17, 15) is 9.90 Å². The van der Waals surface area contributed by atoms with Gasteiger partial charge in [-0.15, -0.1) is 0 Å². The third-order valence-corrected chi connectivity index (χ3v) is 4.66. The van der Waals surface area contributed by atoms with E-state index >= 15 is 0 Å². The molecule has 7 heteroatoms. The first kappa shape index (κ1) is 14.5. The minimum atomic E-state index is -0.810. The average molecular weight is 294 g/mol. The Morgan fingerprint density at radius 1 is 1.43 bits per heavy atom. The van der Waals surface area contributed by atoms with Gasteiger partial charge in [0.2, 0.25) is 0 Å². The lowest BCUT2D eigenvalue weighted by molar-refractivity contribution is -0.153. The van der Waals surface area contributed by atoms with Gasteiger partial charge >= 0.3 is 5.97 Å². The van der Waals surface area contributed by atoms with E-state index in [0.29, 0.717) is 19.6 Å². The minimum absolute atomic E-state index is 0.307. The highest BCUT2D eigenvalue weighted by atomic mass is 16.5. The van der Waals surface area contributed by atoms with Gasteiger partial charge in [0.15, 0.2) is 0 Å². The first-order valence-corrected chi connectivity index (χ1v) is 7.36. The molecule has 0 aliphatic carbocycles. The topological polar surface area (TPSA) is 70.8 Å². The van der Waals surface area contributed by atoms with E-state index in [-0.39, 0.29) is 0 Å². The van der Waals surface area contributed by atoms with Crippen molar-refractivity contribution in [2.24, 2.45) is 7.05 Å². The van der Waals surface area contributed by atoms with Crippen molar-refractivity contribution in [1.82, 2.24) is 19.4 Å². The minimum Gasteiger partial charge on any atom is -0.480 e. The van der Waals surface area contributed by atoms with E-state index in [1.165, 1.54) is 0 Å². The van der Waals surface area contributed by atoms with E-state index in [1.807, 2.05) is 17.8 Å². The predicted molar refractivity (Wildman–Crippen MR) is 75.9 cm³/mol. The number of aryl methyl sites for hydroxylation is 1. The molecule has 1 atom stereocenters. The lowest BCUT2D eigenvalue weighted by Crippen LogP contribution is -2.61. The second-order valence-electron chi connectivity index (χ2n) is 5.86. The highest BCUT2D eigenvalue weighted by molar-refractivity contribution is 5.79. The molecule has 1 N–H and O–H groups in total. The molecular formula is C14H22N4O3. The number of hydrogen-bond donors (Lipinski definition) is 1. The summed E-state index contributed by atoms with van der Waals surface area (Å²) in [6.45, 7) is 4.92. The van der Waals surface area contributed by atoms with E-state index in [0.717, 1.165) is 38.5 Å². The number of imidazole rings is 1. The summed E-state index contributed by atoms with van der Waals surface area (Å²) in [7, 11) is 1.99. The van der Waals surface area contributed by atoms with Crippen LogP contribution in [0.4, 0.5) is 0 Å². The molecule has 2 saturated heterocycles. The third kappa shape index (κ3) is 2.68. The van der Waals surface area contributed by atoms with E-state index < -0.39 is 11.5 Å². The summed E-state index contributed by atoms with van der Waals surface area (Å²) in [5.74, 6) is 0.290. The Balaban J connectivity index is 1.60. The standard InChI is InChI=1S/C14H22N4O3/c1-16-4-3-15-12(16)10-17-5-7-18(8-6-17)14(13(19)20)2-9-21-11-14/h3-4H,2,5-11H2,1H3,(H,19,20). The predicted octanol–water partition coefficient (Wildman–Crippen LogP) is -0.219. The van der Waals surface area contributed by atoms with Crippen LogP contribution < -0.4 is 0 Å². The van der Waals surface area contributed by atoms with Gasteiger partial charge in [-0.25, -0.2) is 4.98 Å². The van der Waals surface area contributed by atoms with Gasteiger partial charge in [0.25, 0.3) is 0 Å². The zero-order valence-corrected chi connectivity index (χ0v) is 12.4. The quantitative estimate of drug-likeness (QED) is 0.828. The summed E-state index contributed by atoms with van der Waals surface area (Å²) in [6.07, 6.45) is 4.34. The van der Waals surface area contributed by atoms with Crippen LogP contribution in [0.15, 0.2) is 12.4 Å². The molecule has 3 heterocycles. The monoisotopic (exact) mass is 294 g/mol. The molecule has 0 aromatic carbocycles. The summed E-state index contributed by atoms with van der Waals surface area (Å²) in [5, 5.41) is 9.58. The van der Waals surface area contributed by atoms with Crippen molar-refractivity contribution in [2.45, 2.75) is 18.5 Å². The molecule has 0 amide bonds. The number of carbonyl (C=O) groups is 1. The number of hydrogen-bond acceptors (Lipinski definition) is 5. The highest BCUT2D eigenvalue weighted by Crippen LogP contribution is 2.28. The molecule has 1 unspecified atom stereocenters. The number of nitrogens with zero attached hydrogens (tertiary/aromatic N) is 4. The summed E-state index contributed by atoms with van der Waals surface area (Å²) < 4.78 is 7.38. The molecule has 7 nitrogen and oxygen atoms in total. The third-order valence-electron chi connectivity index (χ3n) is 4.66. The molecule has 3 rings (SSSR count). The Labute approximate surface area is 124 Å². The van der Waals surface area contributed by atoms with Crippen LogP contribution in [0, 0.1) is 0 Å². The number of piperazine rings is 1. The van der Waals surface area contributed by atoms with Crippen molar-refractivity contribution in [3.05, 3.63) is 18.2 Å². The molecule has 0 saturated carbocycles. The first-order chi connectivity index (χ1) is 10.1. The van der Waals surface area contributed by atoms with Crippen molar-refractivity contribution in [1.29, 1.82) is 0 Å². The largest absolute Gasteiger partial charge is 0.480 e. The molecule has 2 fully saturated rings. The maximum absolute atomic E-state index is 11.7. The van der Waals surface area contributed by atoms with Gasteiger partial charge < -0.3 is 14.4 Å². The van der Waals surface area contributed by atoms with Gasteiger partial charge in [0.1, 0.15) is 11.4 Å². The van der Waals surface area contributed by atoms with Gasteiger partial charge in [-0.2, -0.15) is 0 Å². The maximum atomic E-state index is 11.7. The maximum Gasteiger partial charge on any atom is 0.326 e. The molecule has 116 valence electrons. The SMILES string of the molecule is Cn1ccnc1CN1CCN(C2(C(=O)O)CCOC2)CC1. The Morgan fingerprint density at radius 3 is 2.71 bits per heavy atom. The van der Waals surface area contributed by atoms with Gasteiger partial charge in [-0.3, -0.25) is 14.6 Å². The Hall–Kier alpha value is -1.44. The van der Waals surface area contributed by atoms with Crippen LogP contribution in [-0.4, -0.2) is 75.4 Å². The van der Waals surface area contributed by atoms with Gasteiger partial charge in [-0.05, 0) is 0 Å². The van der Waals surface area contributed by atoms with E-state index in [1.54, 1.807) is 6.20 Å². The van der Waals surface area contributed by atoms with Gasteiger partial charge in [0.05, 0.1) is 13.2 Å². The van der Waals surface area contributed by atoms with Crippen molar-refractivity contribution in [2.75, 3.05) is 39.4 Å². The Bertz CT molecular complexity index is 502. The summed E-state index contributed by atoms with van der Waals surface area (Å²) >= 11 is 0. The second-order valence-corrected chi connectivity index (χ2v) is 5.86. The fourth-order valence-electron chi connectivity index (χ4n) is 3.19. The van der Waals surface area contributed by atoms with Crippen LogP contribution in [-0.2, 0) is 23.1 Å². The first-order valence-electron chi connectivity index (χ1n) is 7.36. The molecule has 21 heavy (non-hydrogen) atoms. The number of rotatable bonds is 4. The van der Waals surface area contributed by atoms with Crippen LogP contribution in [0.1, 0.15) is 12.2 Å². The molecule has 1 aromatic heterocycles. The lowest BCUT2D eigenvalue weighted by Gasteiger charge is -2.42. The van der Waals surface area contributed by atoms with Gasteiger partial charge in [-0.1, -0.05) is 0 Å². The van der Waals surface area contributed by atoms with E-state index in [2.05, 4.69) is 14.8 Å². The molecule has 0 spiro atoms. The second kappa shape index (κ2) is 5.75. The molecule has 0 radical (unpaired) electrons. The number of ether oxygens (including phenoxy) is 1.